The summed E-state index contributed by atoms with van der Waals surface area (Å²) in [4.78, 5) is 10.4. The fourth-order valence-corrected chi connectivity index (χ4v) is 1.38. The number of nitrogen functional groups attached to an aromatic ring is 1. The maximum absolute atomic E-state index is 5.69. The number of nitrogens with zero attached hydrogens (tertiary/aromatic N) is 3. The van der Waals surface area contributed by atoms with E-state index in [2.05, 4.69) is 14.9 Å². The molecule has 6 heteroatoms. The Bertz CT molecular complexity index is 358. The summed E-state index contributed by atoms with van der Waals surface area (Å²) >= 11 is 0. The van der Waals surface area contributed by atoms with Crippen molar-refractivity contribution in [2.75, 3.05) is 39.6 Å². The molecule has 0 atom stereocenters. The van der Waals surface area contributed by atoms with Crippen molar-refractivity contribution in [3.8, 4) is 5.88 Å². The molecule has 0 spiro atoms. The zero-order valence-electron chi connectivity index (χ0n) is 11.3. The highest BCUT2D eigenvalue weighted by atomic mass is 16.5. The number of rotatable bonds is 8. The lowest BCUT2D eigenvalue weighted by Gasteiger charge is -2.10. The molecular weight excluding hydrogens is 232 g/mol. The maximum atomic E-state index is 5.69. The standard InChI is InChI=1S/C12H22N4O2/c1-4-17-9-11-14-10(13)8-12(15-11)18-7-5-6-16(2)3/h8H,4-7,9H2,1-3H3,(H2,13,14,15). The fraction of sp³-hybridized carbons (Fsp3) is 0.667. The number of hydrogen-bond acceptors (Lipinski definition) is 6. The Morgan fingerprint density at radius 2 is 2.11 bits per heavy atom. The van der Waals surface area contributed by atoms with Gasteiger partial charge in [0.1, 0.15) is 12.4 Å². The lowest BCUT2D eigenvalue weighted by Crippen LogP contribution is -2.16. The monoisotopic (exact) mass is 254 g/mol. The minimum absolute atomic E-state index is 0.357. The molecular formula is C12H22N4O2. The molecule has 1 aromatic rings. The van der Waals surface area contributed by atoms with Gasteiger partial charge in [-0.05, 0) is 27.4 Å². The van der Waals surface area contributed by atoms with E-state index in [9.17, 15) is 0 Å². The molecule has 0 amide bonds. The van der Waals surface area contributed by atoms with Gasteiger partial charge < -0.3 is 20.1 Å². The van der Waals surface area contributed by atoms with Gasteiger partial charge in [-0.1, -0.05) is 0 Å². The minimum Gasteiger partial charge on any atom is -0.477 e. The van der Waals surface area contributed by atoms with Crippen LogP contribution in [-0.2, 0) is 11.3 Å². The summed E-state index contributed by atoms with van der Waals surface area (Å²) < 4.78 is 10.8. The highest BCUT2D eigenvalue weighted by Gasteiger charge is 2.04. The molecule has 0 radical (unpaired) electrons. The number of ether oxygens (including phenoxy) is 2. The van der Waals surface area contributed by atoms with E-state index in [1.165, 1.54) is 0 Å². The van der Waals surface area contributed by atoms with Crippen molar-refractivity contribution < 1.29 is 9.47 Å². The summed E-state index contributed by atoms with van der Waals surface area (Å²) in [5.74, 6) is 1.47. The third kappa shape index (κ3) is 5.79. The summed E-state index contributed by atoms with van der Waals surface area (Å²) in [6.07, 6.45) is 0.942. The van der Waals surface area contributed by atoms with Crippen LogP contribution in [0.5, 0.6) is 5.88 Å². The number of nitrogens with two attached hydrogens (primary N) is 1. The quantitative estimate of drug-likeness (QED) is 0.696. The van der Waals surface area contributed by atoms with Gasteiger partial charge >= 0.3 is 0 Å². The van der Waals surface area contributed by atoms with Crippen molar-refractivity contribution in [2.45, 2.75) is 20.0 Å². The van der Waals surface area contributed by atoms with Crippen LogP contribution in [0, 0.1) is 0 Å². The average Bonchev–Trinajstić information content (AvgIpc) is 2.31. The SMILES string of the molecule is CCOCc1nc(N)cc(OCCCN(C)C)n1. The first kappa shape index (κ1) is 14.7. The lowest BCUT2D eigenvalue weighted by molar-refractivity contribution is 0.127. The second kappa shape index (κ2) is 7.84. The van der Waals surface area contributed by atoms with E-state index in [0.717, 1.165) is 13.0 Å². The van der Waals surface area contributed by atoms with E-state index >= 15 is 0 Å². The Balaban J connectivity index is 2.46. The highest BCUT2D eigenvalue weighted by Crippen LogP contribution is 2.11. The second-order valence-corrected chi connectivity index (χ2v) is 4.19. The number of aromatic nitrogens is 2. The minimum atomic E-state index is 0.357. The molecule has 0 saturated heterocycles. The van der Waals surface area contributed by atoms with Crippen molar-refractivity contribution >= 4 is 5.82 Å². The van der Waals surface area contributed by atoms with Crippen molar-refractivity contribution in [1.29, 1.82) is 0 Å². The van der Waals surface area contributed by atoms with Gasteiger partial charge in [-0.2, -0.15) is 4.98 Å². The Labute approximate surface area is 108 Å². The van der Waals surface area contributed by atoms with Crippen molar-refractivity contribution in [2.24, 2.45) is 0 Å². The lowest BCUT2D eigenvalue weighted by atomic mass is 10.4. The van der Waals surface area contributed by atoms with Crippen molar-refractivity contribution in [3.63, 3.8) is 0 Å². The van der Waals surface area contributed by atoms with Crippen LogP contribution in [-0.4, -0.2) is 48.7 Å². The molecule has 0 aliphatic rings. The zero-order chi connectivity index (χ0) is 13.4. The highest BCUT2D eigenvalue weighted by molar-refractivity contribution is 5.32. The van der Waals surface area contributed by atoms with Crippen LogP contribution in [0.1, 0.15) is 19.2 Å². The van der Waals surface area contributed by atoms with E-state index in [-0.39, 0.29) is 0 Å². The first-order valence-corrected chi connectivity index (χ1v) is 6.10. The first-order chi connectivity index (χ1) is 8.61. The van der Waals surface area contributed by atoms with Crippen LogP contribution < -0.4 is 10.5 Å². The predicted octanol–water partition coefficient (Wildman–Crippen LogP) is 0.926. The van der Waals surface area contributed by atoms with Gasteiger partial charge in [0.25, 0.3) is 0 Å². The molecule has 0 bridgehead atoms. The smallest absolute Gasteiger partial charge is 0.218 e. The third-order valence-electron chi connectivity index (χ3n) is 2.20. The Morgan fingerprint density at radius 3 is 2.78 bits per heavy atom. The third-order valence-corrected chi connectivity index (χ3v) is 2.20. The van der Waals surface area contributed by atoms with Crippen molar-refractivity contribution in [1.82, 2.24) is 14.9 Å². The summed E-state index contributed by atoms with van der Waals surface area (Å²) in [7, 11) is 4.06. The maximum Gasteiger partial charge on any atom is 0.218 e. The molecule has 1 rings (SSSR count). The van der Waals surface area contributed by atoms with Gasteiger partial charge in [0.05, 0.1) is 6.61 Å². The second-order valence-electron chi connectivity index (χ2n) is 4.19. The van der Waals surface area contributed by atoms with Crippen LogP contribution in [0.25, 0.3) is 0 Å². The molecule has 0 aromatic carbocycles. The molecule has 1 aromatic heterocycles. The summed E-state index contributed by atoms with van der Waals surface area (Å²) in [5, 5.41) is 0. The normalized spacial score (nSPS) is 10.9. The predicted molar refractivity (Wildman–Crippen MR) is 70.4 cm³/mol. The fourth-order valence-electron chi connectivity index (χ4n) is 1.38. The van der Waals surface area contributed by atoms with E-state index in [1.54, 1.807) is 6.07 Å². The van der Waals surface area contributed by atoms with E-state index in [0.29, 0.717) is 37.3 Å². The molecule has 1 heterocycles. The van der Waals surface area contributed by atoms with E-state index in [4.69, 9.17) is 15.2 Å². The van der Waals surface area contributed by atoms with Crippen LogP contribution >= 0.6 is 0 Å². The molecule has 0 aliphatic heterocycles. The molecule has 102 valence electrons. The number of hydrogen-bond donors (Lipinski definition) is 1. The van der Waals surface area contributed by atoms with Gasteiger partial charge in [-0.25, -0.2) is 4.98 Å². The summed E-state index contributed by atoms with van der Waals surface area (Å²) in [6.45, 7) is 4.49. The zero-order valence-corrected chi connectivity index (χ0v) is 11.3. The molecule has 0 aliphatic carbocycles. The van der Waals surface area contributed by atoms with Crippen LogP contribution in [0.15, 0.2) is 6.07 Å². The van der Waals surface area contributed by atoms with Gasteiger partial charge in [0, 0.05) is 19.2 Å². The Kier molecular flexibility index (Phi) is 6.38. The summed E-state index contributed by atoms with van der Waals surface area (Å²) in [6, 6.07) is 1.63. The van der Waals surface area contributed by atoms with Crippen molar-refractivity contribution in [3.05, 3.63) is 11.9 Å². The number of anilines is 1. The first-order valence-electron chi connectivity index (χ1n) is 6.10. The van der Waals surface area contributed by atoms with Crippen LogP contribution in [0.2, 0.25) is 0 Å². The van der Waals surface area contributed by atoms with Crippen LogP contribution in [0.3, 0.4) is 0 Å². The van der Waals surface area contributed by atoms with Crippen LogP contribution in [0.4, 0.5) is 5.82 Å². The van der Waals surface area contributed by atoms with Gasteiger partial charge in [-0.3, -0.25) is 0 Å². The molecule has 0 fully saturated rings. The summed E-state index contributed by atoms with van der Waals surface area (Å²) in [5.41, 5.74) is 5.69. The van der Waals surface area contributed by atoms with E-state index < -0.39 is 0 Å². The molecule has 0 unspecified atom stereocenters. The van der Waals surface area contributed by atoms with Gasteiger partial charge in [0.2, 0.25) is 5.88 Å². The molecule has 0 saturated carbocycles. The van der Waals surface area contributed by atoms with Gasteiger partial charge in [0.15, 0.2) is 5.82 Å². The Hall–Kier alpha value is -1.40. The van der Waals surface area contributed by atoms with Gasteiger partial charge in [-0.15, -0.1) is 0 Å². The molecule has 18 heavy (non-hydrogen) atoms. The molecule has 6 nitrogen and oxygen atoms in total. The average molecular weight is 254 g/mol. The largest absolute Gasteiger partial charge is 0.477 e. The Morgan fingerprint density at radius 1 is 1.33 bits per heavy atom. The molecule has 2 N–H and O–H groups in total. The van der Waals surface area contributed by atoms with E-state index in [1.807, 2.05) is 21.0 Å². The topological polar surface area (TPSA) is 73.5 Å².